The molecule has 0 bridgehead atoms. The largest absolute Gasteiger partial charge is 0.371 e. The highest BCUT2D eigenvalue weighted by atomic mass is 35.5. The quantitative estimate of drug-likeness (QED) is 0.818. The van der Waals surface area contributed by atoms with Crippen LogP contribution in [0.3, 0.4) is 0 Å². The Morgan fingerprint density at radius 3 is 2.57 bits per heavy atom. The van der Waals surface area contributed by atoms with E-state index in [4.69, 9.17) is 5.73 Å². The van der Waals surface area contributed by atoms with Crippen molar-refractivity contribution >= 4 is 36.4 Å². The lowest BCUT2D eigenvalue weighted by Gasteiger charge is -2.19. The van der Waals surface area contributed by atoms with Gasteiger partial charge >= 0.3 is 0 Å². The molecule has 1 amide bonds. The van der Waals surface area contributed by atoms with Gasteiger partial charge < -0.3 is 16.0 Å². The molecule has 6 heteroatoms. The molecule has 1 aromatic carbocycles. The summed E-state index contributed by atoms with van der Waals surface area (Å²) in [5.41, 5.74) is 7.17. The van der Waals surface area contributed by atoms with Crippen LogP contribution < -0.4 is 16.0 Å². The van der Waals surface area contributed by atoms with Crippen LogP contribution in [0.1, 0.15) is 26.7 Å². The minimum absolute atomic E-state index is 0. The minimum Gasteiger partial charge on any atom is -0.371 e. The van der Waals surface area contributed by atoms with Crippen LogP contribution in [-0.4, -0.2) is 31.6 Å². The molecule has 1 aliphatic rings. The van der Waals surface area contributed by atoms with Gasteiger partial charge in [-0.15, -0.1) is 24.8 Å². The molecule has 0 saturated carbocycles. The number of nitrogens with one attached hydrogen (secondary N) is 1. The molecule has 1 aromatic rings. The van der Waals surface area contributed by atoms with E-state index in [2.05, 4.69) is 48.3 Å². The number of nitrogens with zero attached hydrogens (tertiary/aromatic N) is 1. The first kappa shape index (κ1) is 22.0. The van der Waals surface area contributed by atoms with Gasteiger partial charge in [-0.3, -0.25) is 4.79 Å². The average Bonchev–Trinajstić information content (AvgIpc) is 2.94. The van der Waals surface area contributed by atoms with Crippen LogP contribution in [0.5, 0.6) is 0 Å². The molecule has 1 fully saturated rings. The molecule has 1 unspecified atom stereocenters. The maximum Gasteiger partial charge on any atom is 0.236 e. The molecule has 1 saturated heterocycles. The van der Waals surface area contributed by atoms with E-state index < -0.39 is 0 Å². The van der Waals surface area contributed by atoms with E-state index in [0.29, 0.717) is 11.8 Å². The van der Waals surface area contributed by atoms with Crippen molar-refractivity contribution in [2.75, 3.05) is 24.5 Å². The summed E-state index contributed by atoms with van der Waals surface area (Å²) in [7, 11) is 0. The molecule has 3 N–H and O–H groups in total. The highest BCUT2D eigenvalue weighted by Gasteiger charge is 2.24. The average molecular weight is 362 g/mol. The summed E-state index contributed by atoms with van der Waals surface area (Å²) in [6.07, 6.45) is 1.86. The molecular formula is C17H29Cl2N3O. The van der Waals surface area contributed by atoms with Gasteiger partial charge in [0.25, 0.3) is 0 Å². The Labute approximate surface area is 152 Å². The van der Waals surface area contributed by atoms with E-state index in [0.717, 1.165) is 32.5 Å². The van der Waals surface area contributed by atoms with Gasteiger partial charge in [0.15, 0.2) is 0 Å². The Balaban J connectivity index is 0.00000242. The zero-order chi connectivity index (χ0) is 15.2. The Morgan fingerprint density at radius 1 is 1.30 bits per heavy atom. The molecule has 1 aliphatic heterocycles. The fraction of sp³-hybridized carbons (Fsp3) is 0.588. The molecule has 23 heavy (non-hydrogen) atoms. The van der Waals surface area contributed by atoms with Gasteiger partial charge in [-0.05, 0) is 36.8 Å². The lowest BCUT2D eigenvalue weighted by atomic mass is 10.0. The van der Waals surface area contributed by atoms with Crippen molar-refractivity contribution in [2.24, 2.45) is 17.6 Å². The van der Waals surface area contributed by atoms with Crippen molar-refractivity contribution in [3.05, 3.63) is 30.3 Å². The Morgan fingerprint density at radius 2 is 1.96 bits per heavy atom. The number of benzene rings is 1. The molecule has 2 atom stereocenters. The third kappa shape index (κ3) is 6.98. The molecule has 0 radical (unpaired) electrons. The first-order valence-electron chi connectivity index (χ1n) is 7.89. The number of rotatable bonds is 6. The lowest BCUT2D eigenvalue weighted by Crippen LogP contribution is -2.43. The second-order valence-corrected chi connectivity index (χ2v) is 6.42. The summed E-state index contributed by atoms with van der Waals surface area (Å²) >= 11 is 0. The smallest absolute Gasteiger partial charge is 0.236 e. The first-order chi connectivity index (χ1) is 10.1. The van der Waals surface area contributed by atoms with Crippen molar-refractivity contribution in [1.82, 2.24) is 5.32 Å². The third-order valence-electron chi connectivity index (χ3n) is 4.03. The number of para-hydroxylation sites is 1. The number of carbonyl (C=O) groups is 1. The van der Waals surface area contributed by atoms with E-state index >= 15 is 0 Å². The SMILES string of the molecule is CC(C)C[C@H](N)C(=O)NCC1CCN(c2ccccc2)C1.Cl.Cl. The molecular weight excluding hydrogens is 333 g/mol. The van der Waals surface area contributed by atoms with Gasteiger partial charge in [-0.25, -0.2) is 0 Å². The maximum absolute atomic E-state index is 11.9. The molecule has 1 heterocycles. The van der Waals surface area contributed by atoms with Gasteiger partial charge in [0.2, 0.25) is 5.91 Å². The van der Waals surface area contributed by atoms with Crippen LogP contribution in [0.2, 0.25) is 0 Å². The van der Waals surface area contributed by atoms with E-state index in [1.807, 2.05) is 6.07 Å². The van der Waals surface area contributed by atoms with Gasteiger partial charge in [0.1, 0.15) is 0 Å². The van der Waals surface area contributed by atoms with Crippen molar-refractivity contribution in [3.8, 4) is 0 Å². The predicted molar refractivity (Wildman–Crippen MR) is 102 cm³/mol. The molecule has 4 nitrogen and oxygen atoms in total. The minimum atomic E-state index is -0.378. The summed E-state index contributed by atoms with van der Waals surface area (Å²) in [6.45, 7) is 6.96. The second-order valence-electron chi connectivity index (χ2n) is 6.42. The van der Waals surface area contributed by atoms with Crippen molar-refractivity contribution < 1.29 is 4.79 Å². The van der Waals surface area contributed by atoms with Gasteiger partial charge in [0, 0.05) is 25.3 Å². The molecule has 132 valence electrons. The highest BCUT2D eigenvalue weighted by Crippen LogP contribution is 2.22. The highest BCUT2D eigenvalue weighted by molar-refractivity contribution is 5.85. The van der Waals surface area contributed by atoms with Crippen molar-refractivity contribution in [1.29, 1.82) is 0 Å². The monoisotopic (exact) mass is 361 g/mol. The number of hydrogen-bond donors (Lipinski definition) is 2. The number of nitrogens with two attached hydrogens (primary N) is 1. The topological polar surface area (TPSA) is 58.4 Å². The number of anilines is 1. The van der Waals surface area contributed by atoms with Crippen molar-refractivity contribution in [3.63, 3.8) is 0 Å². The first-order valence-corrected chi connectivity index (χ1v) is 7.89. The van der Waals surface area contributed by atoms with Crippen LogP contribution in [-0.2, 0) is 4.79 Å². The number of amides is 1. The second kappa shape index (κ2) is 10.7. The van der Waals surface area contributed by atoms with E-state index in [9.17, 15) is 4.79 Å². The van der Waals surface area contributed by atoms with E-state index in [1.54, 1.807) is 0 Å². The Kier molecular flexibility index (Phi) is 10.3. The van der Waals surface area contributed by atoms with Gasteiger partial charge in [-0.1, -0.05) is 32.0 Å². The van der Waals surface area contributed by atoms with Crippen LogP contribution in [0.15, 0.2) is 30.3 Å². The maximum atomic E-state index is 11.9. The molecule has 0 aromatic heterocycles. The Hall–Kier alpha value is -0.970. The van der Waals surface area contributed by atoms with E-state index in [-0.39, 0.29) is 36.8 Å². The van der Waals surface area contributed by atoms with Crippen LogP contribution in [0.4, 0.5) is 5.69 Å². The van der Waals surface area contributed by atoms with Crippen LogP contribution in [0.25, 0.3) is 0 Å². The normalized spacial score (nSPS) is 18.1. The number of hydrogen-bond acceptors (Lipinski definition) is 3. The fourth-order valence-corrected chi connectivity index (χ4v) is 2.86. The summed E-state index contributed by atoms with van der Waals surface area (Å²) in [6, 6.07) is 10.1. The summed E-state index contributed by atoms with van der Waals surface area (Å²) in [5.74, 6) is 0.952. The van der Waals surface area contributed by atoms with Gasteiger partial charge in [-0.2, -0.15) is 0 Å². The summed E-state index contributed by atoms with van der Waals surface area (Å²) < 4.78 is 0. The van der Waals surface area contributed by atoms with Crippen LogP contribution in [0, 0.1) is 11.8 Å². The molecule has 0 spiro atoms. The zero-order valence-corrected chi connectivity index (χ0v) is 15.5. The predicted octanol–water partition coefficient (Wildman–Crippen LogP) is 2.85. The molecule has 2 rings (SSSR count). The third-order valence-corrected chi connectivity index (χ3v) is 4.03. The Bertz CT molecular complexity index is 456. The number of carbonyl (C=O) groups excluding carboxylic acids is 1. The fourth-order valence-electron chi connectivity index (χ4n) is 2.86. The van der Waals surface area contributed by atoms with Gasteiger partial charge in [0.05, 0.1) is 6.04 Å². The van der Waals surface area contributed by atoms with E-state index in [1.165, 1.54) is 5.69 Å². The summed E-state index contributed by atoms with van der Waals surface area (Å²) in [4.78, 5) is 14.3. The van der Waals surface area contributed by atoms with Crippen LogP contribution >= 0.6 is 24.8 Å². The summed E-state index contributed by atoms with van der Waals surface area (Å²) in [5, 5.41) is 3.01. The lowest BCUT2D eigenvalue weighted by molar-refractivity contribution is -0.122. The molecule has 0 aliphatic carbocycles. The number of halogens is 2. The standard InChI is InChI=1S/C17H27N3O.2ClH/c1-13(2)10-16(18)17(21)19-11-14-8-9-20(12-14)15-6-4-3-5-7-15;;/h3-7,13-14,16H,8-12,18H2,1-2H3,(H,19,21);2*1H/t14?,16-;;/m0../s1. The van der Waals surface area contributed by atoms with Crippen molar-refractivity contribution in [2.45, 2.75) is 32.7 Å². The zero-order valence-electron chi connectivity index (χ0n) is 13.9.